The van der Waals surface area contributed by atoms with E-state index in [9.17, 15) is 13.2 Å². The predicted molar refractivity (Wildman–Crippen MR) is 128 cm³/mol. The number of hydrogen-bond donors (Lipinski definition) is 1. The van der Waals surface area contributed by atoms with Gasteiger partial charge in [0.1, 0.15) is 18.1 Å². The Bertz CT molecular complexity index is 1240. The maximum absolute atomic E-state index is 13.0. The Hall–Kier alpha value is -3.40. The summed E-state index contributed by atoms with van der Waals surface area (Å²) in [5, 5.41) is 2.77. The summed E-state index contributed by atoms with van der Waals surface area (Å²) < 4.78 is 43.8. The maximum Gasteiger partial charge on any atom is 0.255 e. The molecule has 0 aromatic heterocycles. The zero-order chi connectivity index (χ0) is 24.0. The molecule has 1 saturated heterocycles. The van der Waals surface area contributed by atoms with Gasteiger partial charge in [-0.25, -0.2) is 8.42 Å². The topological polar surface area (TPSA) is 94.2 Å². The molecule has 0 bridgehead atoms. The molecule has 1 aliphatic rings. The van der Waals surface area contributed by atoms with Crippen molar-refractivity contribution in [3.05, 3.63) is 83.9 Å². The Kier molecular flexibility index (Phi) is 7.46. The molecule has 178 valence electrons. The summed E-state index contributed by atoms with van der Waals surface area (Å²) in [5.74, 6) is 0.488. The number of ether oxygens (including phenoxy) is 3. The average molecular weight is 483 g/mol. The fourth-order valence-corrected chi connectivity index (χ4v) is 4.98. The third-order valence-electron chi connectivity index (χ3n) is 5.37. The largest absolute Gasteiger partial charge is 0.495 e. The van der Waals surface area contributed by atoms with Crippen LogP contribution in [0, 0.1) is 0 Å². The van der Waals surface area contributed by atoms with Gasteiger partial charge in [0.15, 0.2) is 0 Å². The van der Waals surface area contributed by atoms with E-state index in [2.05, 4.69) is 5.32 Å². The minimum absolute atomic E-state index is 0.0745. The number of nitrogens with one attached hydrogen (secondary N) is 1. The minimum Gasteiger partial charge on any atom is -0.495 e. The lowest BCUT2D eigenvalue weighted by Crippen LogP contribution is -2.40. The van der Waals surface area contributed by atoms with Crippen molar-refractivity contribution in [2.45, 2.75) is 11.5 Å². The molecule has 0 atom stereocenters. The first kappa shape index (κ1) is 23.7. The normalized spacial score (nSPS) is 14.4. The summed E-state index contributed by atoms with van der Waals surface area (Å²) in [6, 6.07) is 20.9. The number of carbonyl (C=O) groups is 1. The number of hydrogen-bond acceptors (Lipinski definition) is 6. The molecule has 4 rings (SSSR count). The standard InChI is InChI=1S/C25H26N2O6S/c1-31-24-11-10-22(34(29,30)27-12-14-32-15-13-27)17-23(24)26-25(28)20-8-5-9-21(16-20)33-18-19-6-3-2-4-7-19/h2-11,16-17H,12-15,18H2,1H3,(H,26,28). The lowest BCUT2D eigenvalue weighted by Gasteiger charge is -2.26. The van der Waals surface area contributed by atoms with Gasteiger partial charge < -0.3 is 19.5 Å². The fourth-order valence-electron chi connectivity index (χ4n) is 3.54. The van der Waals surface area contributed by atoms with Gasteiger partial charge in [0.25, 0.3) is 5.91 Å². The summed E-state index contributed by atoms with van der Waals surface area (Å²) in [6.07, 6.45) is 0. The van der Waals surface area contributed by atoms with Crippen LogP contribution in [0.25, 0.3) is 0 Å². The molecular weight excluding hydrogens is 456 g/mol. The van der Waals surface area contributed by atoms with E-state index in [1.807, 2.05) is 30.3 Å². The molecule has 9 heteroatoms. The van der Waals surface area contributed by atoms with Crippen LogP contribution in [0.5, 0.6) is 11.5 Å². The number of carbonyl (C=O) groups excluding carboxylic acids is 1. The first-order valence-corrected chi connectivity index (χ1v) is 12.3. The minimum atomic E-state index is -3.72. The van der Waals surface area contributed by atoms with Crippen molar-refractivity contribution in [2.75, 3.05) is 38.7 Å². The molecule has 3 aromatic carbocycles. The van der Waals surface area contributed by atoms with Crippen LogP contribution in [-0.4, -0.2) is 52.0 Å². The van der Waals surface area contributed by atoms with E-state index >= 15 is 0 Å². The molecule has 0 unspecified atom stereocenters. The Morgan fingerprint density at radius 2 is 1.76 bits per heavy atom. The Morgan fingerprint density at radius 1 is 1.00 bits per heavy atom. The zero-order valence-electron chi connectivity index (χ0n) is 18.8. The van der Waals surface area contributed by atoms with E-state index in [0.717, 1.165) is 5.56 Å². The molecule has 34 heavy (non-hydrogen) atoms. The number of benzene rings is 3. The Labute approximate surface area is 199 Å². The summed E-state index contributed by atoms with van der Waals surface area (Å²) in [4.78, 5) is 13.0. The van der Waals surface area contributed by atoms with Crippen LogP contribution in [-0.2, 0) is 21.4 Å². The van der Waals surface area contributed by atoms with Crippen LogP contribution in [0.15, 0.2) is 77.7 Å². The zero-order valence-corrected chi connectivity index (χ0v) is 19.6. The second-order valence-electron chi connectivity index (χ2n) is 7.63. The van der Waals surface area contributed by atoms with E-state index in [0.29, 0.717) is 36.9 Å². The monoisotopic (exact) mass is 482 g/mol. The van der Waals surface area contributed by atoms with Gasteiger partial charge in [0, 0.05) is 18.7 Å². The molecule has 1 aliphatic heterocycles. The Balaban J connectivity index is 1.51. The number of nitrogens with zero attached hydrogens (tertiary/aromatic N) is 1. The SMILES string of the molecule is COc1ccc(S(=O)(=O)N2CCOCC2)cc1NC(=O)c1cccc(OCc2ccccc2)c1. The smallest absolute Gasteiger partial charge is 0.255 e. The molecule has 0 aliphatic carbocycles. The number of methoxy groups -OCH3 is 1. The maximum atomic E-state index is 13.0. The summed E-state index contributed by atoms with van der Waals surface area (Å²) >= 11 is 0. The van der Waals surface area contributed by atoms with Crippen molar-refractivity contribution in [3.8, 4) is 11.5 Å². The molecular formula is C25H26N2O6S. The highest BCUT2D eigenvalue weighted by Crippen LogP contribution is 2.30. The molecule has 1 amide bonds. The summed E-state index contributed by atoms with van der Waals surface area (Å²) in [6.45, 7) is 1.64. The Morgan fingerprint density at radius 3 is 2.50 bits per heavy atom. The highest BCUT2D eigenvalue weighted by Gasteiger charge is 2.27. The number of amides is 1. The number of rotatable bonds is 8. The van der Waals surface area contributed by atoms with Crippen LogP contribution >= 0.6 is 0 Å². The van der Waals surface area contributed by atoms with Gasteiger partial charge in [-0.1, -0.05) is 36.4 Å². The van der Waals surface area contributed by atoms with Gasteiger partial charge in [0.2, 0.25) is 10.0 Å². The molecule has 3 aromatic rings. The van der Waals surface area contributed by atoms with Gasteiger partial charge in [-0.05, 0) is 42.0 Å². The predicted octanol–water partition coefficient (Wildman–Crippen LogP) is 3.55. The molecule has 1 fully saturated rings. The van der Waals surface area contributed by atoms with Crippen LogP contribution in [0.1, 0.15) is 15.9 Å². The van der Waals surface area contributed by atoms with Gasteiger partial charge in [-0.15, -0.1) is 0 Å². The lowest BCUT2D eigenvalue weighted by atomic mass is 10.2. The quantitative estimate of drug-likeness (QED) is 0.528. The molecule has 0 spiro atoms. The lowest BCUT2D eigenvalue weighted by molar-refractivity contribution is 0.0730. The number of morpholine rings is 1. The van der Waals surface area contributed by atoms with Crippen molar-refractivity contribution >= 4 is 21.6 Å². The third kappa shape index (κ3) is 5.56. The van der Waals surface area contributed by atoms with Gasteiger partial charge in [-0.2, -0.15) is 4.31 Å². The van der Waals surface area contributed by atoms with E-state index in [4.69, 9.17) is 14.2 Å². The van der Waals surface area contributed by atoms with Crippen molar-refractivity contribution in [3.63, 3.8) is 0 Å². The van der Waals surface area contributed by atoms with Crippen molar-refractivity contribution in [2.24, 2.45) is 0 Å². The first-order valence-electron chi connectivity index (χ1n) is 10.8. The second-order valence-corrected chi connectivity index (χ2v) is 9.57. The molecule has 1 N–H and O–H groups in total. The van der Waals surface area contributed by atoms with Crippen molar-refractivity contribution in [1.29, 1.82) is 0 Å². The first-order chi connectivity index (χ1) is 16.5. The number of anilines is 1. The van der Waals surface area contributed by atoms with Gasteiger partial charge in [0.05, 0.1) is 30.9 Å². The molecule has 1 heterocycles. The number of sulfonamides is 1. The average Bonchev–Trinajstić information content (AvgIpc) is 2.88. The fraction of sp³-hybridized carbons (Fsp3) is 0.240. The van der Waals surface area contributed by atoms with Crippen LogP contribution in [0.2, 0.25) is 0 Å². The van der Waals surface area contributed by atoms with E-state index in [1.165, 1.54) is 29.6 Å². The van der Waals surface area contributed by atoms with E-state index < -0.39 is 15.9 Å². The van der Waals surface area contributed by atoms with Gasteiger partial charge in [-0.3, -0.25) is 4.79 Å². The molecule has 8 nitrogen and oxygen atoms in total. The summed E-state index contributed by atoms with van der Waals surface area (Å²) in [7, 11) is -2.27. The molecule has 0 saturated carbocycles. The summed E-state index contributed by atoms with van der Waals surface area (Å²) in [5.41, 5.74) is 1.65. The van der Waals surface area contributed by atoms with E-state index in [-0.39, 0.29) is 23.7 Å². The highest BCUT2D eigenvalue weighted by molar-refractivity contribution is 7.89. The van der Waals surface area contributed by atoms with Crippen LogP contribution < -0.4 is 14.8 Å². The van der Waals surface area contributed by atoms with E-state index in [1.54, 1.807) is 24.3 Å². The third-order valence-corrected chi connectivity index (χ3v) is 7.27. The van der Waals surface area contributed by atoms with Crippen LogP contribution in [0.4, 0.5) is 5.69 Å². The van der Waals surface area contributed by atoms with Crippen molar-refractivity contribution < 1.29 is 27.4 Å². The highest BCUT2D eigenvalue weighted by atomic mass is 32.2. The molecule has 0 radical (unpaired) electrons. The van der Waals surface area contributed by atoms with Crippen LogP contribution in [0.3, 0.4) is 0 Å². The second kappa shape index (κ2) is 10.7. The van der Waals surface area contributed by atoms with Gasteiger partial charge >= 0.3 is 0 Å². The van der Waals surface area contributed by atoms with Crippen molar-refractivity contribution in [1.82, 2.24) is 4.31 Å².